The Hall–Kier alpha value is -0.980. The Morgan fingerprint density at radius 2 is 1.81 bits per heavy atom. The van der Waals surface area contributed by atoms with E-state index in [2.05, 4.69) is 26.0 Å². The monoisotopic (exact) mass is 218 g/mol. The van der Waals surface area contributed by atoms with Gasteiger partial charge in [-0.15, -0.1) is 0 Å². The summed E-state index contributed by atoms with van der Waals surface area (Å²) in [6, 6.07) is 4.24. The van der Waals surface area contributed by atoms with Gasteiger partial charge in [-0.05, 0) is 43.2 Å². The van der Waals surface area contributed by atoms with Crippen molar-refractivity contribution in [1.82, 2.24) is 0 Å². The van der Waals surface area contributed by atoms with E-state index in [1.165, 1.54) is 36.8 Å². The largest absolute Gasteiger partial charge is 0.507 e. The average Bonchev–Trinajstić information content (AvgIpc) is 2.24. The second-order valence-electron chi connectivity index (χ2n) is 5.39. The number of aryl methyl sites for hydroxylation is 2. The van der Waals surface area contributed by atoms with Crippen LogP contribution in [0.1, 0.15) is 55.2 Å². The van der Waals surface area contributed by atoms with Gasteiger partial charge in [-0.25, -0.2) is 0 Å². The molecule has 1 aromatic rings. The van der Waals surface area contributed by atoms with Gasteiger partial charge in [0.2, 0.25) is 0 Å². The summed E-state index contributed by atoms with van der Waals surface area (Å²) in [4.78, 5) is 0. The minimum Gasteiger partial charge on any atom is -0.507 e. The lowest BCUT2D eigenvalue weighted by Gasteiger charge is -2.30. The van der Waals surface area contributed by atoms with E-state index in [1.807, 2.05) is 6.92 Å². The quantitative estimate of drug-likeness (QED) is 0.745. The van der Waals surface area contributed by atoms with Gasteiger partial charge in [0.1, 0.15) is 5.75 Å². The fraction of sp³-hybridized carbons (Fsp3) is 0.600. The van der Waals surface area contributed by atoms with Crippen molar-refractivity contribution in [2.75, 3.05) is 0 Å². The summed E-state index contributed by atoms with van der Waals surface area (Å²) in [5, 5.41) is 10.2. The third kappa shape index (κ3) is 2.09. The van der Waals surface area contributed by atoms with Gasteiger partial charge < -0.3 is 5.11 Å². The summed E-state index contributed by atoms with van der Waals surface area (Å²) in [6.45, 7) is 6.43. The van der Waals surface area contributed by atoms with Crippen molar-refractivity contribution < 1.29 is 5.11 Å². The smallest absolute Gasteiger partial charge is 0.121 e. The lowest BCUT2D eigenvalue weighted by Crippen LogP contribution is -2.15. The summed E-state index contributed by atoms with van der Waals surface area (Å²) < 4.78 is 0. The molecule has 1 saturated carbocycles. The van der Waals surface area contributed by atoms with E-state index in [-0.39, 0.29) is 0 Å². The number of benzene rings is 1. The molecule has 1 aromatic carbocycles. The van der Waals surface area contributed by atoms with Gasteiger partial charge >= 0.3 is 0 Å². The van der Waals surface area contributed by atoms with E-state index in [4.69, 9.17) is 0 Å². The molecule has 0 radical (unpaired) electrons. The molecule has 1 nitrogen and oxygen atoms in total. The number of hydrogen-bond donors (Lipinski definition) is 1. The number of phenols is 1. The van der Waals surface area contributed by atoms with Crippen molar-refractivity contribution >= 4 is 0 Å². The standard InChI is InChI=1S/C15H22O/c1-10-8-12(3)15(16)14(9-10)13-7-5-4-6-11(13)2/h8-9,11,13,16H,4-7H2,1-3H3. The first-order chi connectivity index (χ1) is 7.59. The Morgan fingerprint density at radius 1 is 1.12 bits per heavy atom. The van der Waals surface area contributed by atoms with E-state index in [9.17, 15) is 5.11 Å². The van der Waals surface area contributed by atoms with Crippen molar-refractivity contribution in [2.24, 2.45) is 5.92 Å². The zero-order chi connectivity index (χ0) is 11.7. The van der Waals surface area contributed by atoms with Gasteiger partial charge in [-0.1, -0.05) is 43.9 Å². The molecule has 2 rings (SSSR count). The minimum atomic E-state index is 0.532. The second-order valence-corrected chi connectivity index (χ2v) is 5.39. The third-order valence-corrected chi connectivity index (χ3v) is 3.99. The van der Waals surface area contributed by atoms with Crippen LogP contribution in [0, 0.1) is 19.8 Å². The summed E-state index contributed by atoms with van der Waals surface area (Å²) in [5.41, 5.74) is 3.47. The van der Waals surface area contributed by atoms with Gasteiger partial charge in [-0.2, -0.15) is 0 Å². The molecule has 2 atom stereocenters. The van der Waals surface area contributed by atoms with Gasteiger partial charge in [0.15, 0.2) is 0 Å². The predicted molar refractivity (Wildman–Crippen MR) is 68.0 cm³/mol. The maximum absolute atomic E-state index is 10.2. The van der Waals surface area contributed by atoms with Crippen molar-refractivity contribution in [3.05, 3.63) is 28.8 Å². The first-order valence-electron chi connectivity index (χ1n) is 6.39. The van der Waals surface area contributed by atoms with Crippen molar-refractivity contribution in [3.8, 4) is 5.75 Å². The Labute approximate surface area is 98.5 Å². The molecule has 1 heteroatoms. The molecule has 16 heavy (non-hydrogen) atoms. The SMILES string of the molecule is Cc1cc(C)c(O)c(C2CCCCC2C)c1. The van der Waals surface area contributed by atoms with Crippen LogP contribution in [-0.4, -0.2) is 5.11 Å². The van der Waals surface area contributed by atoms with Gasteiger partial charge in [0, 0.05) is 0 Å². The molecule has 0 bridgehead atoms. The molecule has 0 aliphatic heterocycles. The predicted octanol–water partition coefficient (Wildman–Crippen LogP) is 4.30. The fourth-order valence-corrected chi connectivity index (χ4v) is 3.05. The lowest BCUT2D eigenvalue weighted by atomic mass is 9.75. The van der Waals surface area contributed by atoms with Crippen LogP contribution in [0.25, 0.3) is 0 Å². The molecular formula is C15H22O. The van der Waals surface area contributed by atoms with E-state index < -0.39 is 0 Å². The first kappa shape index (κ1) is 11.5. The van der Waals surface area contributed by atoms with Crippen LogP contribution in [0.3, 0.4) is 0 Å². The Balaban J connectivity index is 2.38. The molecular weight excluding hydrogens is 196 g/mol. The summed E-state index contributed by atoms with van der Waals surface area (Å²) in [6.07, 6.45) is 5.19. The maximum atomic E-state index is 10.2. The summed E-state index contributed by atoms with van der Waals surface area (Å²) >= 11 is 0. The zero-order valence-corrected chi connectivity index (χ0v) is 10.6. The highest BCUT2D eigenvalue weighted by atomic mass is 16.3. The average molecular weight is 218 g/mol. The maximum Gasteiger partial charge on any atom is 0.121 e. The Bertz CT molecular complexity index is 381. The van der Waals surface area contributed by atoms with Crippen molar-refractivity contribution in [2.45, 2.75) is 52.4 Å². The molecule has 0 spiro atoms. The molecule has 88 valence electrons. The fourth-order valence-electron chi connectivity index (χ4n) is 3.05. The van der Waals surface area contributed by atoms with Crippen LogP contribution < -0.4 is 0 Å². The molecule has 1 fully saturated rings. The molecule has 1 aliphatic rings. The number of phenolic OH excluding ortho intramolecular Hbond substituents is 1. The van der Waals surface area contributed by atoms with Crippen LogP contribution >= 0.6 is 0 Å². The zero-order valence-electron chi connectivity index (χ0n) is 10.6. The van der Waals surface area contributed by atoms with Crippen LogP contribution in [0.5, 0.6) is 5.75 Å². The van der Waals surface area contributed by atoms with E-state index in [0.29, 0.717) is 17.6 Å². The summed E-state index contributed by atoms with van der Waals surface area (Å²) in [5.74, 6) is 1.80. The highest BCUT2D eigenvalue weighted by molar-refractivity contribution is 5.45. The first-order valence-corrected chi connectivity index (χ1v) is 6.39. The minimum absolute atomic E-state index is 0.532. The molecule has 2 unspecified atom stereocenters. The molecule has 0 aromatic heterocycles. The van der Waals surface area contributed by atoms with Crippen LogP contribution in [0.15, 0.2) is 12.1 Å². The Kier molecular flexibility index (Phi) is 3.22. The van der Waals surface area contributed by atoms with Crippen LogP contribution in [-0.2, 0) is 0 Å². The molecule has 0 saturated heterocycles. The normalized spacial score (nSPS) is 25.7. The molecule has 0 amide bonds. The van der Waals surface area contributed by atoms with Gasteiger partial charge in [0.25, 0.3) is 0 Å². The highest BCUT2D eigenvalue weighted by Gasteiger charge is 2.25. The molecule has 0 heterocycles. The van der Waals surface area contributed by atoms with Gasteiger partial charge in [0.05, 0.1) is 0 Å². The second kappa shape index (κ2) is 4.48. The van der Waals surface area contributed by atoms with E-state index in [1.54, 1.807) is 0 Å². The van der Waals surface area contributed by atoms with Gasteiger partial charge in [-0.3, -0.25) is 0 Å². The van der Waals surface area contributed by atoms with E-state index in [0.717, 1.165) is 5.56 Å². The van der Waals surface area contributed by atoms with E-state index >= 15 is 0 Å². The lowest BCUT2D eigenvalue weighted by molar-refractivity contribution is 0.321. The number of aromatic hydroxyl groups is 1. The highest BCUT2D eigenvalue weighted by Crippen LogP contribution is 2.42. The number of rotatable bonds is 1. The topological polar surface area (TPSA) is 20.2 Å². The van der Waals surface area contributed by atoms with Crippen LogP contribution in [0.4, 0.5) is 0 Å². The molecule has 1 aliphatic carbocycles. The summed E-state index contributed by atoms with van der Waals surface area (Å²) in [7, 11) is 0. The Morgan fingerprint density at radius 3 is 2.50 bits per heavy atom. The molecule has 1 N–H and O–H groups in total. The van der Waals surface area contributed by atoms with Crippen molar-refractivity contribution in [1.29, 1.82) is 0 Å². The third-order valence-electron chi connectivity index (χ3n) is 3.99. The van der Waals surface area contributed by atoms with Crippen LogP contribution in [0.2, 0.25) is 0 Å². The van der Waals surface area contributed by atoms with Crippen molar-refractivity contribution in [3.63, 3.8) is 0 Å². The number of hydrogen-bond acceptors (Lipinski definition) is 1.